The second-order valence-electron chi connectivity index (χ2n) is 9.07. The quantitative estimate of drug-likeness (QED) is 0.292. The van der Waals surface area contributed by atoms with Gasteiger partial charge in [0.15, 0.2) is 0 Å². The molecule has 4 aromatic rings. The Labute approximate surface area is 178 Å². The van der Waals surface area contributed by atoms with Gasteiger partial charge in [-0.2, -0.15) is 0 Å². The van der Waals surface area contributed by atoms with Crippen molar-refractivity contribution in [3.63, 3.8) is 0 Å². The van der Waals surface area contributed by atoms with Crippen molar-refractivity contribution in [2.24, 2.45) is 0 Å². The Morgan fingerprint density at radius 3 is 1.70 bits per heavy atom. The highest BCUT2D eigenvalue weighted by Crippen LogP contribution is 2.51. The maximum absolute atomic E-state index is 2.46. The molecule has 0 amide bonds. The topological polar surface area (TPSA) is 3.24 Å². The minimum atomic E-state index is -0.0170. The summed E-state index contributed by atoms with van der Waals surface area (Å²) in [6.45, 7) is 4.68. The lowest BCUT2D eigenvalue weighted by molar-refractivity contribution is 0.632. The summed E-state index contributed by atoms with van der Waals surface area (Å²) in [5, 5.41) is 0. The highest BCUT2D eigenvalue weighted by molar-refractivity contribution is 5.86. The van der Waals surface area contributed by atoms with Gasteiger partial charge in [0, 0.05) is 11.1 Å². The van der Waals surface area contributed by atoms with Gasteiger partial charge in [-0.15, -0.1) is 0 Å². The van der Waals surface area contributed by atoms with E-state index >= 15 is 0 Å². The van der Waals surface area contributed by atoms with E-state index < -0.39 is 0 Å². The standard InChI is InChI=1S/C29H25N/c1-29(2)25-11-5-7-13-27(25)30(28-14-8-6-12-26(28)29)24-16-15-22-17-20-9-3-4-10-21(20)18-23(22)19-24/h3-16,19H,17-18H2,1-2H3. The first-order chi connectivity index (χ1) is 14.6. The van der Waals surface area contributed by atoms with Crippen LogP contribution in [0.4, 0.5) is 17.1 Å². The molecule has 0 N–H and O–H groups in total. The molecule has 1 aliphatic heterocycles. The van der Waals surface area contributed by atoms with Crippen LogP contribution in [0.5, 0.6) is 0 Å². The van der Waals surface area contributed by atoms with E-state index in [1.807, 2.05) is 0 Å². The third-order valence-corrected chi connectivity index (χ3v) is 6.96. The number of benzene rings is 4. The molecule has 0 unspecified atom stereocenters. The first-order valence-electron chi connectivity index (χ1n) is 10.8. The lowest BCUT2D eigenvalue weighted by atomic mass is 9.73. The fourth-order valence-electron chi connectivity index (χ4n) is 5.35. The molecule has 0 saturated carbocycles. The number of fused-ring (bicyclic) bond motifs is 4. The van der Waals surface area contributed by atoms with Crippen molar-refractivity contribution in [3.8, 4) is 0 Å². The van der Waals surface area contributed by atoms with E-state index in [1.54, 1.807) is 0 Å². The smallest absolute Gasteiger partial charge is 0.0502 e. The molecule has 0 radical (unpaired) electrons. The van der Waals surface area contributed by atoms with Crippen molar-refractivity contribution in [2.45, 2.75) is 32.1 Å². The molecule has 0 atom stereocenters. The van der Waals surface area contributed by atoms with Gasteiger partial charge < -0.3 is 4.90 Å². The molecule has 1 heteroatoms. The van der Waals surface area contributed by atoms with Crippen molar-refractivity contribution in [1.82, 2.24) is 0 Å². The predicted molar refractivity (Wildman–Crippen MR) is 125 cm³/mol. The summed E-state index contributed by atoms with van der Waals surface area (Å²) in [5.74, 6) is 0. The van der Waals surface area contributed by atoms with Crippen LogP contribution in [0.3, 0.4) is 0 Å². The van der Waals surface area contributed by atoms with E-state index in [9.17, 15) is 0 Å². The molecule has 0 fully saturated rings. The Bertz CT molecular complexity index is 1230. The van der Waals surface area contributed by atoms with Crippen LogP contribution in [0, 0.1) is 0 Å². The zero-order valence-electron chi connectivity index (χ0n) is 17.5. The summed E-state index contributed by atoms with van der Waals surface area (Å²) in [7, 11) is 0. The highest BCUT2D eigenvalue weighted by atomic mass is 15.2. The van der Waals surface area contributed by atoms with Crippen LogP contribution in [-0.4, -0.2) is 0 Å². The Morgan fingerprint density at radius 1 is 0.567 bits per heavy atom. The van der Waals surface area contributed by atoms with Crippen molar-refractivity contribution in [3.05, 3.63) is 124 Å². The van der Waals surface area contributed by atoms with Crippen LogP contribution >= 0.6 is 0 Å². The molecular formula is C29H25N. The van der Waals surface area contributed by atoms with Gasteiger partial charge in [0.2, 0.25) is 0 Å². The van der Waals surface area contributed by atoms with Crippen molar-refractivity contribution < 1.29 is 0 Å². The molecule has 0 saturated heterocycles. The maximum Gasteiger partial charge on any atom is 0.0502 e. The fourth-order valence-corrected chi connectivity index (χ4v) is 5.35. The van der Waals surface area contributed by atoms with Crippen LogP contribution in [-0.2, 0) is 18.3 Å². The molecular weight excluding hydrogens is 362 g/mol. The molecule has 1 heterocycles. The fraction of sp³-hybridized carbons (Fsp3) is 0.172. The van der Waals surface area contributed by atoms with Gasteiger partial charge in [0.25, 0.3) is 0 Å². The predicted octanol–water partition coefficient (Wildman–Crippen LogP) is 7.29. The van der Waals surface area contributed by atoms with Crippen molar-refractivity contribution in [1.29, 1.82) is 0 Å². The van der Waals surface area contributed by atoms with E-state index in [-0.39, 0.29) is 5.41 Å². The van der Waals surface area contributed by atoms with Crippen LogP contribution in [0.25, 0.3) is 0 Å². The number of hydrogen-bond acceptors (Lipinski definition) is 1. The molecule has 2 aliphatic rings. The van der Waals surface area contributed by atoms with E-state index in [4.69, 9.17) is 0 Å². The second kappa shape index (κ2) is 6.34. The minimum absolute atomic E-state index is 0.0170. The lowest BCUT2D eigenvalue weighted by Crippen LogP contribution is -2.30. The molecule has 6 rings (SSSR count). The van der Waals surface area contributed by atoms with Gasteiger partial charge in [-0.1, -0.05) is 80.6 Å². The zero-order chi connectivity index (χ0) is 20.3. The van der Waals surface area contributed by atoms with Crippen LogP contribution in [0.2, 0.25) is 0 Å². The molecule has 1 aliphatic carbocycles. The zero-order valence-corrected chi connectivity index (χ0v) is 17.5. The first-order valence-corrected chi connectivity index (χ1v) is 10.8. The summed E-state index contributed by atoms with van der Waals surface area (Å²) in [6, 6.07) is 33.7. The third-order valence-electron chi connectivity index (χ3n) is 6.96. The van der Waals surface area contributed by atoms with E-state index in [0.717, 1.165) is 12.8 Å². The van der Waals surface area contributed by atoms with Crippen molar-refractivity contribution in [2.75, 3.05) is 4.90 Å². The second-order valence-corrected chi connectivity index (χ2v) is 9.07. The summed E-state index contributed by atoms with van der Waals surface area (Å²) >= 11 is 0. The summed E-state index contributed by atoms with van der Waals surface area (Å²) in [6.07, 6.45) is 2.05. The molecule has 0 aromatic heterocycles. The Hall–Kier alpha value is -3.32. The SMILES string of the molecule is CC1(C)c2ccccc2N(c2ccc3c(c2)Cc2ccccc2C3)c2ccccc21. The minimum Gasteiger partial charge on any atom is -0.310 e. The average molecular weight is 388 g/mol. The van der Waals surface area contributed by atoms with Gasteiger partial charge >= 0.3 is 0 Å². The molecule has 4 aromatic carbocycles. The monoisotopic (exact) mass is 387 g/mol. The van der Waals surface area contributed by atoms with E-state index in [2.05, 4.69) is 110 Å². The van der Waals surface area contributed by atoms with Crippen LogP contribution < -0.4 is 4.90 Å². The maximum atomic E-state index is 2.46. The van der Waals surface area contributed by atoms with Crippen LogP contribution in [0.15, 0.2) is 91.0 Å². The summed E-state index contributed by atoms with van der Waals surface area (Å²) < 4.78 is 0. The normalized spacial score (nSPS) is 15.6. The number of rotatable bonds is 1. The van der Waals surface area contributed by atoms with Gasteiger partial charge in [-0.25, -0.2) is 0 Å². The lowest BCUT2D eigenvalue weighted by Gasteiger charge is -2.42. The average Bonchev–Trinajstić information content (AvgIpc) is 2.78. The number of hydrogen-bond donors (Lipinski definition) is 0. The molecule has 30 heavy (non-hydrogen) atoms. The molecule has 146 valence electrons. The van der Waals surface area contributed by atoms with Gasteiger partial charge in [0.05, 0.1) is 11.4 Å². The summed E-state index contributed by atoms with van der Waals surface area (Å²) in [4.78, 5) is 2.46. The third kappa shape index (κ3) is 2.48. The Morgan fingerprint density at radius 2 is 1.07 bits per heavy atom. The van der Waals surface area contributed by atoms with E-state index in [0.29, 0.717) is 0 Å². The van der Waals surface area contributed by atoms with E-state index in [1.165, 1.54) is 50.4 Å². The van der Waals surface area contributed by atoms with Crippen molar-refractivity contribution >= 4 is 17.1 Å². The Kier molecular flexibility index (Phi) is 3.70. The Balaban J connectivity index is 1.53. The molecule has 0 spiro atoms. The van der Waals surface area contributed by atoms with Gasteiger partial charge in [-0.05, 0) is 70.5 Å². The molecule has 0 bridgehead atoms. The number of para-hydroxylation sites is 2. The number of anilines is 3. The largest absolute Gasteiger partial charge is 0.310 e. The number of nitrogens with zero attached hydrogens (tertiary/aromatic N) is 1. The molecule has 1 nitrogen and oxygen atoms in total. The highest BCUT2D eigenvalue weighted by Gasteiger charge is 2.36. The van der Waals surface area contributed by atoms with Crippen LogP contribution in [0.1, 0.15) is 47.2 Å². The summed E-state index contributed by atoms with van der Waals surface area (Å²) in [5.41, 5.74) is 12.4. The van der Waals surface area contributed by atoms with Gasteiger partial charge in [-0.3, -0.25) is 0 Å². The first kappa shape index (κ1) is 17.5. The van der Waals surface area contributed by atoms with Gasteiger partial charge in [0.1, 0.15) is 0 Å².